The lowest BCUT2D eigenvalue weighted by atomic mass is 10.2. The van der Waals surface area contributed by atoms with E-state index in [-0.39, 0.29) is 5.97 Å². The molecule has 1 heterocycles. The van der Waals surface area contributed by atoms with E-state index < -0.39 is 0 Å². The van der Waals surface area contributed by atoms with Crippen LogP contribution in [0.4, 0.5) is 0 Å². The Morgan fingerprint density at radius 3 is 3.00 bits per heavy atom. The van der Waals surface area contributed by atoms with E-state index in [1.54, 1.807) is 12.1 Å². The summed E-state index contributed by atoms with van der Waals surface area (Å²) in [7, 11) is 0. The number of ether oxygens (including phenoxy) is 1. The van der Waals surface area contributed by atoms with Gasteiger partial charge in [-0.05, 0) is 28.1 Å². The SMILES string of the molecule is O=C1Cc2cc(Cl)cc(Br)c2O1. The molecule has 12 heavy (non-hydrogen) atoms. The summed E-state index contributed by atoms with van der Waals surface area (Å²) in [4.78, 5) is 10.9. The predicted molar refractivity (Wildman–Crippen MR) is 48.5 cm³/mol. The van der Waals surface area contributed by atoms with E-state index in [0.717, 1.165) is 10.0 Å². The molecule has 0 aliphatic carbocycles. The molecule has 0 amide bonds. The van der Waals surface area contributed by atoms with Crippen LogP contribution in [0.15, 0.2) is 16.6 Å². The Morgan fingerprint density at radius 1 is 1.50 bits per heavy atom. The summed E-state index contributed by atoms with van der Waals surface area (Å²) in [5.74, 6) is 0.373. The molecule has 4 heteroatoms. The van der Waals surface area contributed by atoms with Crippen molar-refractivity contribution < 1.29 is 9.53 Å². The molecule has 0 radical (unpaired) electrons. The normalized spacial score (nSPS) is 14.3. The number of hydrogen-bond donors (Lipinski definition) is 0. The van der Waals surface area contributed by atoms with E-state index in [1.807, 2.05) is 0 Å². The van der Waals surface area contributed by atoms with Crippen molar-refractivity contribution in [2.24, 2.45) is 0 Å². The highest BCUT2D eigenvalue weighted by molar-refractivity contribution is 9.10. The number of esters is 1. The zero-order valence-corrected chi connectivity index (χ0v) is 8.28. The van der Waals surface area contributed by atoms with Crippen molar-refractivity contribution in [3.05, 3.63) is 27.2 Å². The molecule has 0 saturated heterocycles. The Bertz CT molecular complexity index is 362. The first-order valence-electron chi connectivity index (χ1n) is 3.35. The third-order valence-electron chi connectivity index (χ3n) is 1.64. The highest BCUT2D eigenvalue weighted by Gasteiger charge is 2.22. The van der Waals surface area contributed by atoms with Crippen LogP contribution in [0, 0.1) is 0 Å². The number of halogens is 2. The van der Waals surface area contributed by atoms with Crippen molar-refractivity contribution >= 4 is 33.5 Å². The largest absolute Gasteiger partial charge is 0.425 e. The van der Waals surface area contributed by atoms with Crippen LogP contribution in [0.25, 0.3) is 0 Å². The van der Waals surface area contributed by atoms with E-state index in [4.69, 9.17) is 16.3 Å². The van der Waals surface area contributed by atoms with Gasteiger partial charge in [0.05, 0.1) is 10.9 Å². The fraction of sp³-hybridized carbons (Fsp3) is 0.125. The number of hydrogen-bond acceptors (Lipinski definition) is 2. The van der Waals surface area contributed by atoms with Crippen molar-refractivity contribution in [2.75, 3.05) is 0 Å². The Morgan fingerprint density at radius 2 is 2.25 bits per heavy atom. The molecular weight excluding hydrogens is 243 g/mol. The second kappa shape index (κ2) is 2.75. The summed E-state index contributed by atoms with van der Waals surface area (Å²) in [6.45, 7) is 0. The Hall–Kier alpha value is -0.540. The maximum Gasteiger partial charge on any atom is 0.315 e. The van der Waals surface area contributed by atoms with E-state index in [0.29, 0.717) is 17.2 Å². The topological polar surface area (TPSA) is 26.3 Å². The van der Waals surface area contributed by atoms with Crippen molar-refractivity contribution in [1.82, 2.24) is 0 Å². The molecule has 0 atom stereocenters. The van der Waals surface area contributed by atoms with E-state index >= 15 is 0 Å². The maximum absolute atomic E-state index is 10.9. The molecule has 0 saturated carbocycles. The lowest BCUT2D eigenvalue weighted by Crippen LogP contribution is -2.00. The van der Waals surface area contributed by atoms with Gasteiger partial charge in [0.1, 0.15) is 5.75 Å². The Kier molecular flexibility index (Phi) is 1.85. The highest BCUT2D eigenvalue weighted by atomic mass is 79.9. The summed E-state index contributed by atoms with van der Waals surface area (Å²) >= 11 is 9.04. The van der Waals surface area contributed by atoms with Crippen LogP contribution in [-0.2, 0) is 11.2 Å². The number of carbonyl (C=O) groups excluding carboxylic acids is 1. The van der Waals surface area contributed by atoms with Gasteiger partial charge in [0.15, 0.2) is 0 Å². The average Bonchev–Trinajstić information content (AvgIpc) is 2.29. The Balaban J connectivity index is 2.59. The van der Waals surface area contributed by atoms with Crippen LogP contribution in [0.1, 0.15) is 5.56 Å². The van der Waals surface area contributed by atoms with E-state index in [9.17, 15) is 4.79 Å². The van der Waals surface area contributed by atoms with Gasteiger partial charge in [0.25, 0.3) is 0 Å². The van der Waals surface area contributed by atoms with Gasteiger partial charge in [-0.2, -0.15) is 0 Å². The van der Waals surface area contributed by atoms with Gasteiger partial charge in [-0.15, -0.1) is 0 Å². The number of carbonyl (C=O) groups is 1. The van der Waals surface area contributed by atoms with Crippen LogP contribution in [0.2, 0.25) is 5.02 Å². The van der Waals surface area contributed by atoms with Crippen molar-refractivity contribution in [3.8, 4) is 5.75 Å². The van der Waals surface area contributed by atoms with Gasteiger partial charge < -0.3 is 4.74 Å². The fourth-order valence-corrected chi connectivity index (χ4v) is 2.12. The van der Waals surface area contributed by atoms with Gasteiger partial charge in [0, 0.05) is 10.6 Å². The van der Waals surface area contributed by atoms with Crippen LogP contribution in [-0.4, -0.2) is 5.97 Å². The zero-order valence-electron chi connectivity index (χ0n) is 5.93. The minimum Gasteiger partial charge on any atom is -0.425 e. The maximum atomic E-state index is 10.9. The third-order valence-corrected chi connectivity index (χ3v) is 2.44. The minimum absolute atomic E-state index is 0.229. The molecule has 1 aliphatic heterocycles. The molecule has 0 unspecified atom stereocenters. The van der Waals surface area contributed by atoms with Crippen molar-refractivity contribution in [2.45, 2.75) is 6.42 Å². The van der Waals surface area contributed by atoms with Gasteiger partial charge in [-0.1, -0.05) is 11.6 Å². The van der Waals surface area contributed by atoms with Crippen LogP contribution in [0.3, 0.4) is 0 Å². The lowest BCUT2D eigenvalue weighted by molar-refractivity contribution is -0.131. The predicted octanol–water partition coefficient (Wildman–Crippen LogP) is 2.56. The van der Waals surface area contributed by atoms with Crippen molar-refractivity contribution in [3.63, 3.8) is 0 Å². The quantitative estimate of drug-likeness (QED) is 0.520. The van der Waals surface area contributed by atoms with Crippen LogP contribution >= 0.6 is 27.5 Å². The fourth-order valence-electron chi connectivity index (χ4n) is 1.16. The summed E-state index contributed by atoms with van der Waals surface area (Å²) in [6.07, 6.45) is 0.314. The monoisotopic (exact) mass is 246 g/mol. The van der Waals surface area contributed by atoms with Gasteiger partial charge in [0.2, 0.25) is 0 Å². The number of benzene rings is 1. The first-order chi connectivity index (χ1) is 5.66. The highest BCUT2D eigenvalue weighted by Crippen LogP contribution is 2.36. The summed E-state index contributed by atoms with van der Waals surface area (Å²) in [5.41, 5.74) is 0.847. The minimum atomic E-state index is -0.229. The molecule has 0 fully saturated rings. The van der Waals surface area contributed by atoms with Gasteiger partial charge >= 0.3 is 5.97 Å². The second-order valence-electron chi connectivity index (χ2n) is 2.53. The van der Waals surface area contributed by atoms with Crippen LogP contribution < -0.4 is 4.74 Å². The molecule has 2 rings (SSSR count). The first kappa shape index (κ1) is 8.08. The summed E-state index contributed by atoms with van der Waals surface area (Å²) in [5, 5.41) is 0.610. The number of rotatable bonds is 0. The third kappa shape index (κ3) is 1.23. The average molecular weight is 247 g/mol. The first-order valence-corrected chi connectivity index (χ1v) is 4.52. The molecular formula is C8H4BrClO2. The zero-order chi connectivity index (χ0) is 8.72. The molecule has 0 bridgehead atoms. The smallest absolute Gasteiger partial charge is 0.315 e. The molecule has 2 nitrogen and oxygen atoms in total. The van der Waals surface area contributed by atoms with Crippen molar-refractivity contribution in [1.29, 1.82) is 0 Å². The van der Waals surface area contributed by atoms with E-state index in [1.165, 1.54) is 0 Å². The molecule has 1 aliphatic rings. The molecule has 0 N–H and O–H groups in total. The number of fused-ring (bicyclic) bond motifs is 1. The molecule has 1 aromatic rings. The standard InChI is InChI=1S/C8H4BrClO2/c9-6-3-5(10)1-4-2-7(11)12-8(4)6/h1,3H,2H2. The molecule has 0 aromatic heterocycles. The van der Waals surface area contributed by atoms with Gasteiger partial charge in [-0.25, -0.2) is 0 Å². The van der Waals surface area contributed by atoms with Gasteiger partial charge in [-0.3, -0.25) is 4.79 Å². The second-order valence-corrected chi connectivity index (χ2v) is 3.82. The molecule has 0 spiro atoms. The lowest BCUT2D eigenvalue weighted by Gasteiger charge is -2.00. The van der Waals surface area contributed by atoms with Crippen LogP contribution in [0.5, 0.6) is 5.75 Å². The van der Waals surface area contributed by atoms with E-state index in [2.05, 4.69) is 15.9 Å². The molecule has 1 aromatic carbocycles. The summed E-state index contributed by atoms with van der Waals surface area (Å²) < 4.78 is 5.68. The summed E-state index contributed by atoms with van der Waals surface area (Å²) in [6, 6.07) is 3.45. The molecule has 62 valence electrons. The Labute approximate surface area is 82.6 Å².